The quantitative estimate of drug-likeness (QED) is 0.828. The molecule has 2 amide bonds. The van der Waals surface area contributed by atoms with Crippen molar-refractivity contribution < 1.29 is 9.59 Å². The largest absolute Gasteiger partial charge is 0.349 e. The van der Waals surface area contributed by atoms with Crippen molar-refractivity contribution in [1.29, 1.82) is 0 Å². The van der Waals surface area contributed by atoms with Gasteiger partial charge in [0.25, 0.3) is 5.91 Å². The van der Waals surface area contributed by atoms with Crippen molar-refractivity contribution in [2.45, 2.75) is 63.6 Å². The number of nitrogens with one attached hydrogen (secondary N) is 1. The Hall–Kier alpha value is -1.59. The number of nitrogens with zero attached hydrogens (tertiary/aromatic N) is 1. The average molecular weight is 392 g/mol. The number of hydrogen-bond donors (Lipinski definition) is 2. The van der Waals surface area contributed by atoms with Crippen LogP contribution >= 0.6 is 12.4 Å². The first-order valence-electron chi connectivity index (χ1n) is 10.0. The van der Waals surface area contributed by atoms with Gasteiger partial charge < -0.3 is 16.0 Å². The van der Waals surface area contributed by atoms with Gasteiger partial charge in [0.15, 0.2) is 0 Å². The van der Waals surface area contributed by atoms with E-state index in [1.807, 2.05) is 29.2 Å². The van der Waals surface area contributed by atoms with E-state index in [0.29, 0.717) is 36.4 Å². The molecule has 148 valence electrons. The van der Waals surface area contributed by atoms with Gasteiger partial charge in [0.2, 0.25) is 5.91 Å². The van der Waals surface area contributed by atoms with Gasteiger partial charge in [-0.25, -0.2) is 0 Å². The van der Waals surface area contributed by atoms with E-state index >= 15 is 0 Å². The lowest BCUT2D eigenvalue weighted by Gasteiger charge is -2.45. The summed E-state index contributed by atoms with van der Waals surface area (Å²) in [6, 6.07) is 8.28. The number of rotatable bonds is 4. The molecule has 2 atom stereocenters. The minimum Gasteiger partial charge on any atom is -0.349 e. The van der Waals surface area contributed by atoms with Crippen LogP contribution in [0.5, 0.6) is 0 Å². The monoisotopic (exact) mass is 391 g/mol. The Bertz CT molecular complexity index is 665. The fraction of sp³-hybridized carbons (Fsp3) is 0.619. The van der Waals surface area contributed by atoms with Crippen LogP contribution in [0.1, 0.15) is 60.9 Å². The van der Waals surface area contributed by atoms with Crippen LogP contribution in [0.15, 0.2) is 24.3 Å². The van der Waals surface area contributed by atoms with E-state index in [9.17, 15) is 9.59 Å². The first kappa shape index (κ1) is 20.2. The summed E-state index contributed by atoms with van der Waals surface area (Å²) >= 11 is 0. The van der Waals surface area contributed by atoms with Gasteiger partial charge in [-0.15, -0.1) is 12.4 Å². The van der Waals surface area contributed by atoms with E-state index in [1.54, 1.807) is 0 Å². The van der Waals surface area contributed by atoms with Gasteiger partial charge in [0.1, 0.15) is 0 Å². The van der Waals surface area contributed by atoms with Gasteiger partial charge in [-0.3, -0.25) is 9.59 Å². The third-order valence-corrected chi connectivity index (χ3v) is 6.44. The number of hydrogen-bond acceptors (Lipinski definition) is 3. The fourth-order valence-corrected chi connectivity index (χ4v) is 5.11. The first-order chi connectivity index (χ1) is 12.6. The highest BCUT2D eigenvalue weighted by atomic mass is 35.5. The summed E-state index contributed by atoms with van der Waals surface area (Å²) in [5, 5.41) is 3.30. The summed E-state index contributed by atoms with van der Waals surface area (Å²) in [5.74, 6) is 1.31. The zero-order chi connectivity index (χ0) is 18.1. The number of carbonyl (C=O) groups is 2. The van der Waals surface area contributed by atoms with Crippen LogP contribution < -0.4 is 11.1 Å². The van der Waals surface area contributed by atoms with Crippen LogP contribution in [0.3, 0.4) is 0 Å². The summed E-state index contributed by atoms with van der Waals surface area (Å²) in [5.41, 5.74) is 7.97. The van der Waals surface area contributed by atoms with E-state index in [2.05, 4.69) is 5.32 Å². The smallest absolute Gasteiger partial charge is 0.251 e. The molecule has 3 aliphatic rings. The van der Waals surface area contributed by atoms with E-state index in [1.165, 1.54) is 19.3 Å². The maximum atomic E-state index is 12.7. The summed E-state index contributed by atoms with van der Waals surface area (Å²) in [4.78, 5) is 26.4. The van der Waals surface area contributed by atoms with Crippen LogP contribution in [-0.2, 0) is 11.3 Å². The molecule has 27 heavy (non-hydrogen) atoms. The van der Waals surface area contributed by atoms with Gasteiger partial charge in [-0.1, -0.05) is 18.6 Å². The highest BCUT2D eigenvalue weighted by Crippen LogP contribution is 2.39. The highest BCUT2D eigenvalue weighted by Gasteiger charge is 2.39. The molecule has 6 heteroatoms. The van der Waals surface area contributed by atoms with Gasteiger partial charge in [0.05, 0.1) is 0 Å². The molecule has 0 radical (unpaired) electrons. The van der Waals surface area contributed by atoms with Crippen molar-refractivity contribution in [1.82, 2.24) is 10.2 Å². The number of halogens is 1. The van der Waals surface area contributed by atoms with Crippen LogP contribution in [-0.4, -0.2) is 35.3 Å². The molecular weight excluding hydrogens is 362 g/mol. The highest BCUT2D eigenvalue weighted by molar-refractivity contribution is 5.94. The molecule has 0 aromatic heterocycles. The second kappa shape index (κ2) is 8.61. The maximum absolute atomic E-state index is 12.7. The molecule has 5 nitrogen and oxygen atoms in total. The average Bonchev–Trinajstić information content (AvgIpc) is 3.01. The zero-order valence-corrected chi connectivity index (χ0v) is 16.5. The predicted octanol–water partition coefficient (Wildman–Crippen LogP) is 2.87. The summed E-state index contributed by atoms with van der Waals surface area (Å²) in [7, 11) is 0. The molecule has 1 aliphatic heterocycles. The lowest BCUT2D eigenvalue weighted by Crippen LogP contribution is -2.53. The molecule has 2 aliphatic carbocycles. The Morgan fingerprint density at radius 3 is 2.37 bits per heavy atom. The Morgan fingerprint density at radius 2 is 1.78 bits per heavy atom. The molecular formula is C21H30ClN3O2. The van der Waals surface area contributed by atoms with Gasteiger partial charge in [-0.05, 0) is 61.6 Å². The van der Waals surface area contributed by atoms with Crippen molar-refractivity contribution in [2.75, 3.05) is 6.54 Å². The van der Waals surface area contributed by atoms with Crippen molar-refractivity contribution in [3.05, 3.63) is 35.4 Å². The third-order valence-electron chi connectivity index (χ3n) is 6.44. The molecule has 4 rings (SSSR count). The summed E-state index contributed by atoms with van der Waals surface area (Å²) < 4.78 is 0. The lowest BCUT2D eigenvalue weighted by atomic mass is 9.67. The normalized spacial score (nSPS) is 30.0. The number of benzene rings is 1. The molecule has 1 aromatic carbocycles. The summed E-state index contributed by atoms with van der Waals surface area (Å²) in [6.45, 7) is 1.49. The Morgan fingerprint density at radius 1 is 1.11 bits per heavy atom. The van der Waals surface area contributed by atoms with Crippen LogP contribution in [0.25, 0.3) is 0 Å². The number of carbonyl (C=O) groups excluding carboxylic acids is 2. The molecule has 1 saturated heterocycles. The van der Waals surface area contributed by atoms with Gasteiger partial charge >= 0.3 is 0 Å². The Labute approximate surface area is 167 Å². The standard InChI is InChI=1S/C21H29N3O2.ClH/c22-18-11-16-3-1-4-17(12-18)20(16)23-21(26)15-8-6-14(7-9-15)13-24-10-2-5-19(24)25;/h6-9,16-18,20H,1-5,10-13,22H2,(H,23,26);1H. The van der Waals surface area contributed by atoms with Crippen molar-refractivity contribution in [3.8, 4) is 0 Å². The van der Waals surface area contributed by atoms with Crippen LogP contribution in [0, 0.1) is 11.8 Å². The first-order valence-corrected chi connectivity index (χ1v) is 10.0. The van der Waals surface area contributed by atoms with E-state index in [0.717, 1.165) is 31.4 Å². The topological polar surface area (TPSA) is 75.4 Å². The maximum Gasteiger partial charge on any atom is 0.251 e. The fourth-order valence-electron chi connectivity index (χ4n) is 5.11. The molecule has 1 heterocycles. The minimum absolute atomic E-state index is 0. The molecule has 1 aromatic rings. The van der Waals surface area contributed by atoms with E-state index < -0.39 is 0 Å². The molecule has 0 spiro atoms. The van der Waals surface area contributed by atoms with Crippen molar-refractivity contribution >= 4 is 24.2 Å². The number of amides is 2. The van der Waals surface area contributed by atoms with E-state index in [-0.39, 0.29) is 30.3 Å². The van der Waals surface area contributed by atoms with Gasteiger partial charge in [0, 0.05) is 37.2 Å². The molecule has 2 bridgehead atoms. The number of nitrogens with two attached hydrogens (primary N) is 1. The van der Waals surface area contributed by atoms with Gasteiger partial charge in [-0.2, -0.15) is 0 Å². The third kappa shape index (κ3) is 4.46. The second-order valence-electron chi connectivity index (χ2n) is 8.30. The van der Waals surface area contributed by atoms with E-state index in [4.69, 9.17) is 5.73 Å². The van der Waals surface area contributed by atoms with Crippen molar-refractivity contribution in [3.63, 3.8) is 0 Å². The van der Waals surface area contributed by atoms with Crippen molar-refractivity contribution in [2.24, 2.45) is 17.6 Å². The molecule has 2 saturated carbocycles. The molecule has 3 fully saturated rings. The minimum atomic E-state index is 0. The number of likely N-dealkylation sites (tertiary alicyclic amines) is 1. The van der Waals surface area contributed by atoms with Crippen LogP contribution in [0.2, 0.25) is 0 Å². The Balaban J connectivity index is 0.00000210. The SMILES string of the molecule is Cl.NC1CC2CCCC(C1)C2NC(=O)c1ccc(CN2CCCC2=O)cc1. The second-order valence-corrected chi connectivity index (χ2v) is 8.30. The summed E-state index contributed by atoms with van der Waals surface area (Å²) in [6.07, 6.45) is 7.29. The zero-order valence-electron chi connectivity index (χ0n) is 15.7. The Kier molecular flexibility index (Phi) is 6.43. The predicted molar refractivity (Wildman–Crippen MR) is 108 cm³/mol. The molecule has 3 N–H and O–H groups in total. The lowest BCUT2D eigenvalue weighted by molar-refractivity contribution is -0.128. The van der Waals surface area contributed by atoms with Crippen LogP contribution in [0.4, 0.5) is 0 Å². The molecule has 2 unspecified atom stereocenters. The number of fused-ring (bicyclic) bond motifs is 2.